The van der Waals surface area contributed by atoms with Gasteiger partial charge in [-0.25, -0.2) is 0 Å². The van der Waals surface area contributed by atoms with Gasteiger partial charge in [-0.15, -0.1) is 11.3 Å². The molecule has 2 amide bonds. The Morgan fingerprint density at radius 1 is 1.08 bits per heavy atom. The topological polar surface area (TPSA) is 58.2 Å². The number of amides is 2. The number of benzene rings is 1. The number of carbonyl (C=O) groups excluding carboxylic acids is 2. The van der Waals surface area contributed by atoms with E-state index >= 15 is 0 Å². The highest BCUT2D eigenvalue weighted by molar-refractivity contribution is 7.11. The van der Waals surface area contributed by atoms with Crippen LogP contribution in [0, 0.1) is 5.92 Å². The molecule has 1 heterocycles. The Balaban J connectivity index is 1.97. The summed E-state index contributed by atoms with van der Waals surface area (Å²) in [5, 5.41) is 6.30. The van der Waals surface area contributed by atoms with Crippen LogP contribution in [0.1, 0.15) is 40.9 Å². The van der Waals surface area contributed by atoms with Crippen molar-refractivity contribution in [3.8, 4) is 0 Å². The highest BCUT2D eigenvalue weighted by Crippen LogP contribution is 2.17. The second-order valence-corrected chi connectivity index (χ2v) is 7.83. The Kier molecular flexibility index (Phi) is 7.02. The smallest absolute Gasteiger partial charge is 0.251 e. The summed E-state index contributed by atoms with van der Waals surface area (Å²) in [6, 6.07) is 10.1. The van der Waals surface area contributed by atoms with Crippen molar-refractivity contribution in [2.24, 2.45) is 5.92 Å². The summed E-state index contributed by atoms with van der Waals surface area (Å²) >= 11 is 7.53. The molecule has 2 N–H and O–H groups in total. The first kappa shape index (κ1) is 19.5. The standard InChI is InChI=1S/C19H23ClN2O2S/c1-4-15-9-10-16(25-15)11-21-19(24)17(12(2)3)22-18(23)13-5-7-14(20)8-6-13/h5-10,12,17H,4,11H2,1-3H3,(H,21,24)(H,22,23). The molecule has 0 bridgehead atoms. The van der Waals surface area contributed by atoms with Crippen molar-refractivity contribution in [2.75, 3.05) is 0 Å². The normalized spacial score (nSPS) is 12.0. The summed E-state index contributed by atoms with van der Waals surface area (Å²) in [6.07, 6.45) is 0.990. The molecule has 0 saturated carbocycles. The molecule has 0 aliphatic heterocycles. The Morgan fingerprint density at radius 2 is 1.72 bits per heavy atom. The SMILES string of the molecule is CCc1ccc(CNC(=O)C(NC(=O)c2ccc(Cl)cc2)C(C)C)s1. The van der Waals surface area contributed by atoms with E-state index in [0.717, 1.165) is 11.3 Å². The highest BCUT2D eigenvalue weighted by atomic mass is 35.5. The van der Waals surface area contributed by atoms with E-state index in [1.807, 2.05) is 19.9 Å². The molecule has 0 radical (unpaired) electrons. The third kappa shape index (κ3) is 5.58. The zero-order valence-corrected chi connectivity index (χ0v) is 16.2. The molecule has 1 atom stereocenters. The number of carbonyl (C=O) groups is 2. The zero-order chi connectivity index (χ0) is 18.4. The van der Waals surface area contributed by atoms with Gasteiger partial charge < -0.3 is 10.6 Å². The number of aryl methyl sites for hydroxylation is 1. The van der Waals surface area contributed by atoms with Crippen LogP contribution in [0.5, 0.6) is 0 Å². The van der Waals surface area contributed by atoms with Crippen LogP contribution in [-0.2, 0) is 17.8 Å². The minimum absolute atomic E-state index is 0.0224. The zero-order valence-electron chi connectivity index (χ0n) is 14.6. The van der Waals surface area contributed by atoms with Gasteiger partial charge in [-0.3, -0.25) is 9.59 Å². The highest BCUT2D eigenvalue weighted by Gasteiger charge is 2.24. The number of thiophene rings is 1. The number of hydrogen-bond acceptors (Lipinski definition) is 3. The van der Waals surface area contributed by atoms with E-state index in [4.69, 9.17) is 11.6 Å². The van der Waals surface area contributed by atoms with Gasteiger partial charge in [-0.2, -0.15) is 0 Å². The van der Waals surface area contributed by atoms with Crippen LogP contribution in [0.15, 0.2) is 36.4 Å². The summed E-state index contributed by atoms with van der Waals surface area (Å²) in [5.74, 6) is -0.482. The fourth-order valence-corrected chi connectivity index (χ4v) is 3.38. The fourth-order valence-electron chi connectivity index (χ4n) is 2.35. The average molecular weight is 379 g/mol. The summed E-state index contributed by atoms with van der Waals surface area (Å²) in [7, 11) is 0. The van der Waals surface area contributed by atoms with E-state index in [1.54, 1.807) is 35.6 Å². The molecule has 0 aliphatic carbocycles. The molecule has 25 heavy (non-hydrogen) atoms. The molecule has 4 nitrogen and oxygen atoms in total. The van der Waals surface area contributed by atoms with Crippen LogP contribution in [0.3, 0.4) is 0 Å². The van der Waals surface area contributed by atoms with Crippen molar-refractivity contribution in [3.05, 3.63) is 56.7 Å². The van der Waals surface area contributed by atoms with E-state index in [0.29, 0.717) is 17.1 Å². The fraction of sp³-hybridized carbons (Fsp3) is 0.368. The van der Waals surface area contributed by atoms with E-state index in [-0.39, 0.29) is 17.7 Å². The van der Waals surface area contributed by atoms with Gasteiger partial charge in [0.05, 0.1) is 6.54 Å². The van der Waals surface area contributed by atoms with Gasteiger partial charge in [0.15, 0.2) is 0 Å². The number of hydrogen-bond donors (Lipinski definition) is 2. The first-order valence-electron chi connectivity index (χ1n) is 8.32. The van der Waals surface area contributed by atoms with Gasteiger partial charge in [0, 0.05) is 20.3 Å². The molecule has 134 valence electrons. The molecule has 6 heteroatoms. The molecule has 1 aromatic carbocycles. The quantitative estimate of drug-likeness (QED) is 0.764. The maximum Gasteiger partial charge on any atom is 0.251 e. The van der Waals surface area contributed by atoms with Gasteiger partial charge in [0.2, 0.25) is 5.91 Å². The van der Waals surface area contributed by atoms with Crippen LogP contribution in [0.2, 0.25) is 5.02 Å². The molecule has 0 spiro atoms. The molecule has 0 saturated heterocycles. The van der Waals surface area contributed by atoms with Crippen molar-refractivity contribution in [2.45, 2.75) is 39.8 Å². The van der Waals surface area contributed by atoms with Crippen molar-refractivity contribution < 1.29 is 9.59 Å². The van der Waals surface area contributed by atoms with Crippen molar-refractivity contribution >= 4 is 34.8 Å². The number of rotatable bonds is 7. The second kappa shape index (κ2) is 9.02. The lowest BCUT2D eigenvalue weighted by Crippen LogP contribution is -2.49. The molecule has 0 aliphatic rings. The van der Waals surface area contributed by atoms with Gasteiger partial charge in [0.25, 0.3) is 5.91 Å². The Bertz CT molecular complexity index is 725. The number of nitrogens with one attached hydrogen (secondary N) is 2. The minimum Gasteiger partial charge on any atom is -0.349 e. The minimum atomic E-state index is -0.589. The molecule has 2 rings (SSSR count). The van der Waals surface area contributed by atoms with Gasteiger partial charge in [-0.1, -0.05) is 32.4 Å². The largest absolute Gasteiger partial charge is 0.349 e. The van der Waals surface area contributed by atoms with E-state index in [2.05, 4.69) is 23.6 Å². The monoisotopic (exact) mass is 378 g/mol. The lowest BCUT2D eigenvalue weighted by Gasteiger charge is -2.21. The van der Waals surface area contributed by atoms with Gasteiger partial charge in [-0.05, 0) is 48.7 Å². The molecule has 1 unspecified atom stereocenters. The van der Waals surface area contributed by atoms with E-state index in [1.165, 1.54) is 4.88 Å². The van der Waals surface area contributed by atoms with Crippen LogP contribution in [-0.4, -0.2) is 17.9 Å². The maximum absolute atomic E-state index is 12.5. The molecule has 0 fully saturated rings. The van der Waals surface area contributed by atoms with E-state index in [9.17, 15) is 9.59 Å². The average Bonchev–Trinajstić information content (AvgIpc) is 3.05. The van der Waals surface area contributed by atoms with Crippen molar-refractivity contribution in [1.82, 2.24) is 10.6 Å². The second-order valence-electron chi connectivity index (χ2n) is 6.14. The first-order valence-corrected chi connectivity index (χ1v) is 9.52. The lowest BCUT2D eigenvalue weighted by atomic mass is 10.0. The van der Waals surface area contributed by atoms with Crippen LogP contribution in [0.4, 0.5) is 0 Å². The predicted molar refractivity (Wildman–Crippen MR) is 103 cm³/mol. The first-order chi connectivity index (χ1) is 11.9. The maximum atomic E-state index is 12.5. The third-order valence-corrected chi connectivity index (χ3v) is 5.33. The molecular weight excluding hydrogens is 356 g/mol. The van der Waals surface area contributed by atoms with Crippen LogP contribution < -0.4 is 10.6 Å². The van der Waals surface area contributed by atoms with E-state index < -0.39 is 6.04 Å². The van der Waals surface area contributed by atoms with Crippen LogP contribution in [0.25, 0.3) is 0 Å². The number of halogens is 1. The summed E-state index contributed by atoms with van der Waals surface area (Å²) in [6.45, 7) is 6.40. The lowest BCUT2D eigenvalue weighted by molar-refractivity contribution is -0.124. The summed E-state index contributed by atoms with van der Waals surface area (Å²) in [5.41, 5.74) is 0.480. The van der Waals surface area contributed by atoms with Crippen LogP contribution >= 0.6 is 22.9 Å². The predicted octanol–water partition coefficient (Wildman–Crippen LogP) is 4.03. The van der Waals surface area contributed by atoms with Crippen molar-refractivity contribution in [1.29, 1.82) is 0 Å². The van der Waals surface area contributed by atoms with Gasteiger partial charge in [0.1, 0.15) is 6.04 Å². The molecule has 2 aromatic rings. The van der Waals surface area contributed by atoms with Gasteiger partial charge >= 0.3 is 0 Å². The molecule has 1 aromatic heterocycles. The Labute approximate surface area is 157 Å². The summed E-state index contributed by atoms with van der Waals surface area (Å²) < 4.78 is 0. The third-order valence-electron chi connectivity index (χ3n) is 3.84. The Morgan fingerprint density at radius 3 is 2.28 bits per heavy atom. The molecular formula is C19H23ClN2O2S. The summed E-state index contributed by atoms with van der Waals surface area (Å²) in [4.78, 5) is 27.3. The Hall–Kier alpha value is -1.85. The van der Waals surface area contributed by atoms with Crippen molar-refractivity contribution in [3.63, 3.8) is 0 Å².